The molecule has 2 aromatic carbocycles. The van der Waals surface area contributed by atoms with Gasteiger partial charge in [0.05, 0.1) is 12.0 Å². The van der Waals surface area contributed by atoms with E-state index in [1.54, 1.807) is 12.3 Å². The summed E-state index contributed by atoms with van der Waals surface area (Å²) in [6.07, 6.45) is 1.68. The first-order valence-electron chi connectivity index (χ1n) is 5.88. The van der Waals surface area contributed by atoms with Crippen LogP contribution >= 0.6 is 11.6 Å². The van der Waals surface area contributed by atoms with E-state index in [0.29, 0.717) is 17.3 Å². The molecule has 0 saturated heterocycles. The maximum atomic E-state index is 13.6. The molecule has 3 aromatic rings. The number of hydrogen-bond acceptors (Lipinski definition) is 2. The molecule has 0 saturated carbocycles. The van der Waals surface area contributed by atoms with Crippen molar-refractivity contribution < 1.29 is 8.81 Å². The van der Waals surface area contributed by atoms with Crippen LogP contribution < -0.4 is 5.32 Å². The van der Waals surface area contributed by atoms with E-state index < -0.39 is 0 Å². The number of anilines is 1. The van der Waals surface area contributed by atoms with Gasteiger partial charge >= 0.3 is 0 Å². The van der Waals surface area contributed by atoms with Gasteiger partial charge in [-0.2, -0.15) is 0 Å². The van der Waals surface area contributed by atoms with E-state index in [0.717, 1.165) is 16.5 Å². The molecular weight excluding hydrogens is 265 g/mol. The van der Waals surface area contributed by atoms with E-state index in [1.807, 2.05) is 24.3 Å². The molecule has 0 amide bonds. The van der Waals surface area contributed by atoms with Crippen LogP contribution in [0.5, 0.6) is 0 Å². The van der Waals surface area contributed by atoms with Crippen molar-refractivity contribution >= 4 is 28.3 Å². The summed E-state index contributed by atoms with van der Waals surface area (Å²) < 4.78 is 19.0. The van der Waals surface area contributed by atoms with Crippen LogP contribution in [0.25, 0.3) is 11.0 Å². The predicted octanol–water partition coefficient (Wildman–Crippen LogP) is 4.84. The van der Waals surface area contributed by atoms with Crippen LogP contribution in [0.2, 0.25) is 5.02 Å². The number of rotatable bonds is 3. The molecule has 1 heterocycles. The SMILES string of the molecule is Fc1ccc(Cl)cc1NCc1coc2ccccc12. The van der Waals surface area contributed by atoms with Crippen LogP contribution in [0.15, 0.2) is 53.1 Å². The van der Waals surface area contributed by atoms with E-state index in [4.69, 9.17) is 16.0 Å². The van der Waals surface area contributed by atoms with Crippen LogP contribution in [0.3, 0.4) is 0 Å². The Kier molecular flexibility index (Phi) is 3.13. The van der Waals surface area contributed by atoms with Crippen molar-refractivity contribution in [2.45, 2.75) is 6.54 Å². The summed E-state index contributed by atoms with van der Waals surface area (Å²) in [5, 5.41) is 4.56. The highest BCUT2D eigenvalue weighted by molar-refractivity contribution is 6.30. The maximum Gasteiger partial charge on any atom is 0.146 e. The van der Waals surface area contributed by atoms with Crippen LogP contribution in [-0.4, -0.2) is 0 Å². The number of para-hydroxylation sites is 1. The van der Waals surface area contributed by atoms with Crippen molar-refractivity contribution in [3.63, 3.8) is 0 Å². The second kappa shape index (κ2) is 4.94. The summed E-state index contributed by atoms with van der Waals surface area (Å²) in [6.45, 7) is 0.480. The molecule has 1 N–H and O–H groups in total. The van der Waals surface area contributed by atoms with Crippen molar-refractivity contribution in [2.24, 2.45) is 0 Å². The molecule has 0 bridgehead atoms. The Morgan fingerprint density at radius 1 is 1.16 bits per heavy atom. The number of hydrogen-bond donors (Lipinski definition) is 1. The predicted molar refractivity (Wildman–Crippen MR) is 75.0 cm³/mol. The molecule has 0 radical (unpaired) electrons. The fourth-order valence-electron chi connectivity index (χ4n) is 1.99. The van der Waals surface area contributed by atoms with Crippen LogP contribution in [0.1, 0.15) is 5.56 Å². The average Bonchev–Trinajstić information content (AvgIpc) is 2.83. The smallest absolute Gasteiger partial charge is 0.146 e. The van der Waals surface area contributed by atoms with E-state index in [-0.39, 0.29) is 5.82 Å². The lowest BCUT2D eigenvalue weighted by Crippen LogP contribution is -2.00. The number of furan rings is 1. The second-order valence-corrected chi connectivity index (χ2v) is 4.67. The molecule has 0 aliphatic rings. The highest BCUT2D eigenvalue weighted by atomic mass is 35.5. The molecule has 0 atom stereocenters. The molecule has 0 aliphatic carbocycles. The van der Waals surface area contributed by atoms with Gasteiger partial charge in [0.2, 0.25) is 0 Å². The summed E-state index contributed by atoms with van der Waals surface area (Å²) in [4.78, 5) is 0. The standard InChI is InChI=1S/C15H11ClFNO/c16-11-5-6-13(17)14(7-11)18-8-10-9-19-15-4-2-1-3-12(10)15/h1-7,9,18H,8H2. The zero-order chi connectivity index (χ0) is 13.2. The van der Waals surface area contributed by atoms with Gasteiger partial charge in [-0.25, -0.2) is 4.39 Å². The van der Waals surface area contributed by atoms with Gasteiger partial charge in [-0.3, -0.25) is 0 Å². The first-order chi connectivity index (χ1) is 9.24. The largest absolute Gasteiger partial charge is 0.464 e. The second-order valence-electron chi connectivity index (χ2n) is 4.23. The third-order valence-electron chi connectivity index (χ3n) is 2.96. The lowest BCUT2D eigenvalue weighted by molar-refractivity contribution is 0.610. The number of nitrogens with one attached hydrogen (secondary N) is 1. The van der Waals surface area contributed by atoms with Gasteiger partial charge in [0, 0.05) is 22.5 Å². The van der Waals surface area contributed by atoms with Crippen molar-refractivity contribution in [1.29, 1.82) is 0 Å². The summed E-state index contributed by atoms with van der Waals surface area (Å²) in [5.41, 5.74) is 2.19. The first-order valence-corrected chi connectivity index (χ1v) is 6.26. The molecule has 19 heavy (non-hydrogen) atoms. The van der Waals surface area contributed by atoms with Gasteiger partial charge in [-0.05, 0) is 24.3 Å². The maximum absolute atomic E-state index is 13.6. The average molecular weight is 276 g/mol. The van der Waals surface area contributed by atoms with Gasteiger partial charge < -0.3 is 9.73 Å². The highest BCUT2D eigenvalue weighted by Gasteiger charge is 2.07. The minimum Gasteiger partial charge on any atom is -0.464 e. The van der Waals surface area contributed by atoms with Crippen LogP contribution in [-0.2, 0) is 6.54 Å². The Balaban J connectivity index is 1.84. The van der Waals surface area contributed by atoms with Gasteiger partial charge in [-0.1, -0.05) is 29.8 Å². The summed E-state index contributed by atoms with van der Waals surface area (Å²) in [6, 6.07) is 12.2. The molecule has 1 aromatic heterocycles. The first kappa shape index (κ1) is 12.1. The highest BCUT2D eigenvalue weighted by Crippen LogP contribution is 2.24. The zero-order valence-corrected chi connectivity index (χ0v) is 10.7. The van der Waals surface area contributed by atoms with Crippen molar-refractivity contribution in [3.05, 3.63) is 65.1 Å². The Labute approximate surface area is 114 Å². The van der Waals surface area contributed by atoms with Gasteiger partial charge in [0.1, 0.15) is 11.4 Å². The Bertz CT molecular complexity index is 723. The number of halogens is 2. The molecular formula is C15H11ClFNO. The van der Waals surface area contributed by atoms with Crippen LogP contribution in [0, 0.1) is 5.82 Å². The molecule has 0 aliphatic heterocycles. The summed E-state index contributed by atoms with van der Waals surface area (Å²) in [7, 11) is 0. The Hall–Kier alpha value is -2.00. The van der Waals surface area contributed by atoms with E-state index >= 15 is 0 Å². The quantitative estimate of drug-likeness (QED) is 0.740. The lowest BCUT2D eigenvalue weighted by atomic mass is 10.2. The monoisotopic (exact) mass is 275 g/mol. The van der Waals surface area contributed by atoms with Gasteiger partial charge in [0.15, 0.2) is 0 Å². The van der Waals surface area contributed by atoms with Gasteiger partial charge in [0.25, 0.3) is 0 Å². The van der Waals surface area contributed by atoms with Gasteiger partial charge in [-0.15, -0.1) is 0 Å². The van der Waals surface area contributed by atoms with E-state index in [2.05, 4.69) is 5.32 Å². The van der Waals surface area contributed by atoms with Crippen molar-refractivity contribution in [2.75, 3.05) is 5.32 Å². The lowest BCUT2D eigenvalue weighted by Gasteiger charge is -2.06. The number of fused-ring (bicyclic) bond motifs is 1. The number of benzene rings is 2. The molecule has 3 rings (SSSR count). The Morgan fingerprint density at radius 2 is 2.00 bits per heavy atom. The summed E-state index contributed by atoms with van der Waals surface area (Å²) >= 11 is 5.85. The van der Waals surface area contributed by atoms with Crippen LogP contribution in [0.4, 0.5) is 10.1 Å². The molecule has 2 nitrogen and oxygen atoms in total. The van der Waals surface area contributed by atoms with Crippen molar-refractivity contribution in [3.8, 4) is 0 Å². The molecule has 0 fully saturated rings. The summed E-state index contributed by atoms with van der Waals surface area (Å²) in [5.74, 6) is -0.322. The zero-order valence-electron chi connectivity index (χ0n) is 9.99. The Morgan fingerprint density at radius 3 is 2.89 bits per heavy atom. The molecule has 0 unspecified atom stereocenters. The molecule has 0 spiro atoms. The minimum atomic E-state index is -0.322. The molecule has 96 valence electrons. The fourth-order valence-corrected chi connectivity index (χ4v) is 2.17. The van der Waals surface area contributed by atoms with E-state index in [9.17, 15) is 4.39 Å². The fraction of sp³-hybridized carbons (Fsp3) is 0.0667. The minimum absolute atomic E-state index is 0.322. The third kappa shape index (κ3) is 2.42. The molecule has 4 heteroatoms. The third-order valence-corrected chi connectivity index (χ3v) is 3.19. The topological polar surface area (TPSA) is 25.2 Å². The van der Waals surface area contributed by atoms with E-state index in [1.165, 1.54) is 12.1 Å². The van der Waals surface area contributed by atoms with Crippen molar-refractivity contribution in [1.82, 2.24) is 0 Å². The normalized spacial score (nSPS) is 10.8.